The van der Waals surface area contributed by atoms with Gasteiger partial charge >= 0.3 is 0 Å². The van der Waals surface area contributed by atoms with Crippen molar-refractivity contribution in [1.29, 1.82) is 0 Å². The Hall–Kier alpha value is -2.73. The summed E-state index contributed by atoms with van der Waals surface area (Å²) in [5.41, 5.74) is 1.49. The zero-order valence-electron chi connectivity index (χ0n) is 14.7. The molecule has 6 nitrogen and oxygen atoms in total. The lowest BCUT2D eigenvalue weighted by atomic mass is 9.97. The van der Waals surface area contributed by atoms with Gasteiger partial charge in [-0.1, -0.05) is 23.7 Å². The first-order chi connectivity index (χ1) is 13.2. The Morgan fingerprint density at radius 2 is 2.22 bits per heavy atom. The van der Waals surface area contributed by atoms with Gasteiger partial charge in [-0.2, -0.15) is 0 Å². The predicted molar refractivity (Wildman–Crippen MR) is 101 cm³/mol. The average Bonchev–Trinajstić information content (AvgIpc) is 3.17. The molecule has 0 bridgehead atoms. The molecule has 1 aliphatic heterocycles. The third-order valence-electron chi connectivity index (χ3n) is 4.70. The largest absolute Gasteiger partial charge is 0.445 e. The molecule has 1 aliphatic rings. The van der Waals surface area contributed by atoms with Gasteiger partial charge in [-0.25, -0.2) is 15.0 Å². The zero-order chi connectivity index (χ0) is 18.6. The van der Waals surface area contributed by atoms with Crippen molar-refractivity contribution in [3.05, 3.63) is 77.0 Å². The standard InChI is InChI=1S/C20H19ClN4O2/c21-16-5-1-3-14(9-16)10-17-11-23-19(27-17)15-4-2-8-25(12-15)20(26)18-6-7-22-13-24-18/h1,3,5-7,9,11,13,15H,2,4,8,10,12H2. The third-order valence-corrected chi connectivity index (χ3v) is 4.93. The lowest BCUT2D eigenvalue weighted by Gasteiger charge is -2.31. The van der Waals surface area contributed by atoms with Crippen molar-refractivity contribution in [3.63, 3.8) is 0 Å². The maximum atomic E-state index is 12.6. The molecule has 1 atom stereocenters. The number of aromatic nitrogens is 3. The maximum Gasteiger partial charge on any atom is 0.272 e. The summed E-state index contributed by atoms with van der Waals surface area (Å²) >= 11 is 6.04. The van der Waals surface area contributed by atoms with Crippen molar-refractivity contribution >= 4 is 17.5 Å². The number of halogens is 1. The molecule has 1 fully saturated rings. The van der Waals surface area contributed by atoms with Gasteiger partial charge in [0.1, 0.15) is 17.8 Å². The Morgan fingerprint density at radius 3 is 3.04 bits per heavy atom. The van der Waals surface area contributed by atoms with Crippen LogP contribution in [0.1, 0.15) is 46.5 Å². The number of likely N-dealkylation sites (tertiary alicyclic amines) is 1. The molecule has 0 aliphatic carbocycles. The molecular weight excluding hydrogens is 364 g/mol. The summed E-state index contributed by atoms with van der Waals surface area (Å²) in [6.07, 6.45) is 7.24. The fourth-order valence-corrected chi connectivity index (χ4v) is 3.60. The molecule has 138 valence electrons. The van der Waals surface area contributed by atoms with Gasteiger partial charge in [0.05, 0.1) is 12.1 Å². The molecule has 3 heterocycles. The van der Waals surface area contributed by atoms with E-state index in [4.69, 9.17) is 16.0 Å². The van der Waals surface area contributed by atoms with E-state index in [0.717, 1.165) is 30.7 Å². The van der Waals surface area contributed by atoms with Gasteiger partial charge in [-0.05, 0) is 36.6 Å². The summed E-state index contributed by atoms with van der Waals surface area (Å²) < 4.78 is 5.98. The summed E-state index contributed by atoms with van der Waals surface area (Å²) in [4.78, 5) is 26.8. The van der Waals surface area contributed by atoms with Crippen LogP contribution >= 0.6 is 11.6 Å². The van der Waals surface area contributed by atoms with E-state index in [1.807, 2.05) is 29.2 Å². The molecule has 1 amide bonds. The topological polar surface area (TPSA) is 72.1 Å². The van der Waals surface area contributed by atoms with Crippen molar-refractivity contribution in [3.8, 4) is 0 Å². The van der Waals surface area contributed by atoms with Crippen molar-refractivity contribution < 1.29 is 9.21 Å². The second-order valence-corrected chi connectivity index (χ2v) is 7.09. The van der Waals surface area contributed by atoms with Crippen LogP contribution in [0.3, 0.4) is 0 Å². The minimum atomic E-state index is -0.0761. The van der Waals surface area contributed by atoms with Crippen LogP contribution in [0.5, 0.6) is 0 Å². The number of carbonyl (C=O) groups excluding carboxylic acids is 1. The fraction of sp³-hybridized carbons (Fsp3) is 0.300. The molecule has 2 aromatic heterocycles. The van der Waals surface area contributed by atoms with Gasteiger partial charge in [-0.15, -0.1) is 0 Å². The third kappa shape index (κ3) is 4.17. The van der Waals surface area contributed by atoms with Crippen molar-refractivity contribution in [2.24, 2.45) is 0 Å². The Kier molecular flexibility index (Phi) is 5.16. The summed E-state index contributed by atoms with van der Waals surface area (Å²) in [5.74, 6) is 1.50. The second kappa shape index (κ2) is 7.88. The van der Waals surface area contributed by atoms with E-state index in [2.05, 4.69) is 15.0 Å². The van der Waals surface area contributed by atoms with Gasteiger partial charge in [0.25, 0.3) is 5.91 Å². The van der Waals surface area contributed by atoms with Crippen LogP contribution in [0.4, 0.5) is 0 Å². The number of nitrogens with zero attached hydrogens (tertiary/aromatic N) is 4. The molecule has 0 spiro atoms. The van der Waals surface area contributed by atoms with E-state index in [1.54, 1.807) is 18.5 Å². The lowest BCUT2D eigenvalue weighted by molar-refractivity contribution is 0.0691. The molecule has 1 unspecified atom stereocenters. The predicted octanol–water partition coefficient (Wildman–Crippen LogP) is 3.73. The van der Waals surface area contributed by atoms with E-state index in [-0.39, 0.29) is 11.8 Å². The number of hydrogen-bond donors (Lipinski definition) is 0. The molecule has 7 heteroatoms. The van der Waals surface area contributed by atoms with Crippen LogP contribution in [0.15, 0.2) is 53.5 Å². The monoisotopic (exact) mass is 382 g/mol. The molecule has 0 radical (unpaired) electrons. The van der Waals surface area contributed by atoms with Gasteiger partial charge in [0, 0.05) is 30.7 Å². The highest BCUT2D eigenvalue weighted by Crippen LogP contribution is 2.28. The smallest absolute Gasteiger partial charge is 0.272 e. The van der Waals surface area contributed by atoms with E-state index in [9.17, 15) is 4.79 Å². The van der Waals surface area contributed by atoms with Crippen LogP contribution in [0, 0.1) is 0 Å². The van der Waals surface area contributed by atoms with Gasteiger partial charge < -0.3 is 9.32 Å². The Bertz CT molecular complexity index is 928. The fourth-order valence-electron chi connectivity index (χ4n) is 3.38. The summed E-state index contributed by atoms with van der Waals surface area (Å²) in [6, 6.07) is 9.35. The van der Waals surface area contributed by atoms with Crippen LogP contribution < -0.4 is 0 Å². The number of benzene rings is 1. The Morgan fingerprint density at radius 1 is 1.30 bits per heavy atom. The Labute approximate surface area is 162 Å². The summed E-state index contributed by atoms with van der Waals surface area (Å²) in [7, 11) is 0. The molecule has 27 heavy (non-hydrogen) atoms. The van der Waals surface area contributed by atoms with Crippen molar-refractivity contribution in [2.75, 3.05) is 13.1 Å². The minimum absolute atomic E-state index is 0.0761. The van der Waals surface area contributed by atoms with Gasteiger partial charge in [0.2, 0.25) is 0 Å². The number of piperidine rings is 1. The molecule has 3 aromatic rings. The number of oxazole rings is 1. The summed E-state index contributed by atoms with van der Waals surface area (Å²) in [5, 5.41) is 0.707. The summed E-state index contributed by atoms with van der Waals surface area (Å²) in [6.45, 7) is 1.30. The molecular formula is C20H19ClN4O2. The van der Waals surface area contributed by atoms with Gasteiger partial charge in [0.15, 0.2) is 5.89 Å². The molecule has 4 rings (SSSR count). The van der Waals surface area contributed by atoms with Crippen LogP contribution in [-0.2, 0) is 6.42 Å². The lowest BCUT2D eigenvalue weighted by Crippen LogP contribution is -2.39. The van der Waals surface area contributed by atoms with E-state index in [1.165, 1.54) is 6.33 Å². The zero-order valence-corrected chi connectivity index (χ0v) is 15.5. The quantitative estimate of drug-likeness (QED) is 0.687. The number of hydrogen-bond acceptors (Lipinski definition) is 5. The highest BCUT2D eigenvalue weighted by molar-refractivity contribution is 6.30. The highest BCUT2D eigenvalue weighted by Gasteiger charge is 2.28. The number of amides is 1. The number of rotatable bonds is 4. The SMILES string of the molecule is O=C(c1ccncn1)N1CCCC(c2ncc(Cc3cccc(Cl)c3)o2)C1. The van der Waals surface area contributed by atoms with Gasteiger partial charge in [-0.3, -0.25) is 4.79 Å². The second-order valence-electron chi connectivity index (χ2n) is 6.66. The average molecular weight is 383 g/mol. The number of carbonyl (C=O) groups is 1. The maximum absolute atomic E-state index is 12.6. The Balaban J connectivity index is 1.44. The first-order valence-electron chi connectivity index (χ1n) is 8.93. The van der Waals surface area contributed by atoms with Crippen molar-refractivity contribution in [1.82, 2.24) is 19.9 Å². The molecule has 1 aromatic carbocycles. The van der Waals surface area contributed by atoms with Crippen LogP contribution in [-0.4, -0.2) is 38.8 Å². The molecule has 0 N–H and O–H groups in total. The first kappa shape index (κ1) is 17.7. The van der Waals surface area contributed by atoms with Crippen LogP contribution in [0.2, 0.25) is 5.02 Å². The van der Waals surface area contributed by atoms with Crippen LogP contribution in [0.25, 0.3) is 0 Å². The molecule has 1 saturated heterocycles. The van der Waals surface area contributed by atoms with Crippen molar-refractivity contribution in [2.45, 2.75) is 25.2 Å². The van der Waals surface area contributed by atoms with E-state index in [0.29, 0.717) is 29.6 Å². The molecule has 0 saturated carbocycles. The van der Waals surface area contributed by atoms with E-state index >= 15 is 0 Å². The van der Waals surface area contributed by atoms with E-state index < -0.39 is 0 Å². The highest BCUT2D eigenvalue weighted by atomic mass is 35.5. The minimum Gasteiger partial charge on any atom is -0.445 e. The first-order valence-corrected chi connectivity index (χ1v) is 9.31. The normalized spacial score (nSPS) is 17.1.